The van der Waals surface area contributed by atoms with Crippen molar-refractivity contribution < 1.29 is 0 Å². The van der Waals surface area contributed by atoms with Crippen LogP contribution in [0.25, 0.3) is 0 Å². The topological polar surface area (TPSA) is 0 Å². The van der Waals surface area contributed by atoms with Gasteiger partial charge in [-0.25, -0.2) is 0 Å². The van der Waals surface area contributed by atoms with Crippen molar-refractivity contribution in [3.63, 3.8) is 0 Å². The van der Waals surface area contributed by atoms with Gasteiger partial charge in [-0.05, 0) is 42.7 Å². The Hall–Kier alpha value is -0.780. The molecule has 0 nitrogen and oxygen atoms in total. The van der Waals surface area contributed by atoms with Gasteiger partial charge in [-0.3, -0.25) is 0 Å². The van der Waals surface area contributed by atoms with Gasteiger partial charge in [-0.15, -0.1) is 0 Å². The minimum atomic E-state index is 0.512. The summed E-state index contributed by atoms with van der Waals surface area (Å²) in [5, 5.41) is 0. The van der Waals surface area contributed by atoms with E-state index in [4.69, 9.17) is 0 Å². The van der Waals surface area contributed by atoms with Gasteiger partial charge in [-0.2, -0.15) is 0 Å². The van der Waals surface area contributed by atoms with Crippen LogP contribution < -0.4 is 0 Å². The number of hydrogen-bond donors (Lipinski definition) is 0. The van der Waals surface area contributed by atoms with Crippen LogP contribution in [0.15, 0.2) is 24.3 Å². The summed E-state index contributed by atoms with van der Waals surface area (Å²) in [5.41, 5.74) is 3.65. The Morgan fingerprint density at radius 1 is 1.06 bits per heavy atom. The number of hydrogen-bond acceptors (Lipinski definition) is 0. The number of aryl methyl sites for hydroxylation is 1. The first-order valence-corrected chi connectivity index (χ1v) is 6.85. The van der Waals surface area contributed by atoms with Crippen LogP contribution in [-0.4, -0.2) is 0 Å². The van der Waals surface area contributed by atoms with E-state index in [0.29, 0.717) is 5.41 Å². The van der Waals surface area contributed by atoms with Crippen LogP contribution in [0.3, 0.4) is 0 Å². The fourth-order valence-corrected chi connectivity index (χ4v) is 3.53. The molecule has 0 unspecified atom stereocenters. The molecule has 16 heavy (non-hydrogen) atoms. The average molecular weight is 216 g/mol. The van der Waals surface area contributed by atoms with Gasteiger partial charge < -0.3 is 0 Å². The standard InChI is InChI=1S/C16H24/c1-3-11-16(12-7-4-8-13-16)15-10-6-5-9-14(15)2/h5-6,9-10H,3-4,7-8,11-13H2,1-2H3. The molecule has 0 heteroatoms. The van der Waals surface area contributed by atoms with E-state index in [9.17, 15) is 0 Å². The Kier molecular flexibility index (Phi) is 3.68. The van der Waals surface area contributed by atoms with Gasteiger partial charge in [-0.1, -0.05) is 56.9 Å². The lowest BCUT2D eigenvalue weighted by Gasteiger charge is -2.39. The van der Waals surface area contributed by atoms with Gasteiger partial charge in [0.1, 0.15) is 0 Å². The summed E-state index contributed by atoms with van der Waals surface area (Å²) in [6.45, 7) is 4.61. The molecule has 0 amide bonds. The van der Waals surface area contributed by atoms with Crippen molar-refractivity contribution in [1.82, 2.24) is 0 Å². The summed E-state index contributed by atoms with van der Waals surface area (Å²) >= 11 is 0. The van der Waals surface area contributed by atoms with Gasteiger partial charge in [0.05, 0.1) is 0 Å². The van der Waals surface area contributed by atoms with Crippen molar-refractivity contribution in [2.45, 2.75) is 64.2 Å². The molecular formula is C16H24. The van der Waals surface area contributed by atoms with Gasteiger partial charge in [0.25, 0.3) is 0 Å². The van der Waals surface area contributed by atoms with E-state index in [1.165, 1.54) is 50.5 Å². The maximum absolute atomic E-state index is 2.37. The molecule has 1 saturated carbocycles. The zero-order valence-electron chi connectivity index (χ0n) is 10.8. The Balaban J connectivity index is 2.34. The number of benzene rings is 1. The van der Waals surface area contributed by atoms with Gasteiger partial charge in [0.15, 0.2) is 0 Å². The van der Waals surface area contributed by atoms with Crippen molar-refractivity contribution in [1.29, 1.82) is 0 Å². The lowest BCUT2D eigenvalue weighted by atomic mass is 9.66. The smallest absolute Gasteiger partial charge is 0.00444 e. The molecule has 0 heterocycles. The Morgan fingerprint density at radius 3 is 2.38 bits per heavy atom. The first kappa shape index (κ1) is 11.7. The Labute approximate surface area is 100 Å². The third-order valence-corrected chi connectivity index (χ3v) is 4.26. The van der Waals surface area contributed by atoms with Crippen LogP contribution in [-0.2, 0) is 5.41 Å². The molecule has 2 rings (SSSR count). The minimum absolute atomic E-state index is 0.512. The highest BCUT2D eigenvalue weighted by Gasteiger charge is 2.33. The second-order valence-corrected chi connectivity index (χ2v) is 5.41. The SMILES string of the molecule is CCCC1(c2ccccc2C)CCCCC1. The van der Waals surface area contributed by atoms with E-state index in [2.05, 4.69) is 38.1 Å². The molecule has 0 aromatic heterocycles. The molecular weight excluding hydrogens is 192 g/mol. The molecule has 0 atom stereocenters. The number of rotatable bonds is 3. The van der Waals surface area contributed by atoms with Gasteiger partial charge in [0, 0.05) is 0 Å². The van der Waals surface area contributed by atoms with E-state index in [1.54, 1.807) is 5.56 Å². The normalized spacial score (nSPS) is 19.6. The highest BCUT2D eigenvalue weighted by atomic mass is 14.4. The second kappa shape index (κ2) is 5.03. The molecule has 0 bridgehead atoms. The summed E-state index contributed by atoms with van der Waals surface area (Å²) in [5.74, 6) is 0. The first-order chi connectivity index (χ1) is 7.78. The predicted molar refractivity (Wildman–Crippen MR) is 70.9 cm³/mol. The van der Waals surface area contributed by atoms with E-state index < -0.39 is 0 Å². The zero-order chi connectivity index (χ0) is 11.4. The second-order valence-electron chi connectivity index (χ2n) is 5.41. The highest BCUT2D eigenvalue weighted by molar-refractivity contribution is 5.33. The Morgan fingerprint density at radius 2 is 1.75 bits per heavy atom. The monoisotopic (exact) mass is 216 g/mol. The summed E-state index contributed by atoms with van der Waals surface area (Å²) in [6.07, 6.45) is 9.80. The highest BCUT2D eigenvalue weighted by Crippen LogP contribution is 2.43. The molecule has 0 radical (unpaired) electrons. The zero-order valence-corrected chi connectivity index (χ0v) is 10.8. The third-order valence-electron chi connectivity index (χ3n) is 4.26. The van der Waals surface area contributed by atoms with E-state index in [1.807, 2.05) is 0 Å². The molecule has 0 saturated heterocycles. The van der Waals surface area contributed by atoms with Gasteiger partial charge in [0.2, 0.25) is 0 Å². The maximum Gasteiger partial charge on any atom is -0.00444 e. The molecule has 0 N–H and O–H groups in total. The van der Waals surface area contributed by atoms with E-state index >= 15 is 0 Å². The van der Waals surface area contributed by atoms with E-state index in [-0.39, 0.29) is 0 Å². The van der Waals surface area contributed by atoms with E-state index in [0.717, 1.165) is 0 Å². The van der Waals surface area contributed by atoms with Crippen molar-refractivity contribution >= 4 is 0 Å². The van der Waals surface area contributed by atoms with Crippen LogP contribution in [0.1, 0.15) is 63.0 Å². The van der Waals surface area contributed by atoms with Crippen LogP contribution in [0.2, 0.25) is 0 Å². The fourth-order valence-electron chi connectivity index (χ4n) is 3.53. The molecule has 88 valence electrons. The molecule has 0 spiro atoms. The summed E-state index contributed by atoms with van der Waals surface area (Å²) in [4.78, 5) is 0. The van der Waals surface area contributed by atoms with Crippen LogP contribution >= 0.6 is 0 Å². The summed E-state index contributed by atoms with van der Waals surface area (Å²) in [7, 11) is 0. The Bertz CT molecular complexity index is 326. The molecule has 1 aromatic rings. The minimum Gasteiger partial charge on any atom is -0.0654 e. The lowest BCUT2D eigenvalue weighted by molar-refractivity contribution is 0.270. The quantitative estimate of drug-likeness (QED) is 0.667. The van der Waals surface area contributed by atoms with Crippen LogP contribution in [0, 0.1) is 6.92 Å². The summed E-state index contributed by atoms with van der Waals surface area (Å²) < 4.78 is 0. The molecule has 0 aliphatic heterocycles. The maximum atomic E-state index is 2.37. The molecule has 1 aromatic carbocycles. The lowest BCUT2D eigenvalue weighted by Crippen LogP contribution is -2.29. The van der Waals surface area contributed by atoms with Crippen molar-refractivity contribution in [2.75, 3.05) is 0 Å². The van der Waals surface area contributed by atoms with Gasteiger partial charge >= 0.3 is 0 Å². The fraction of sp³-hybridized carbons (Fsp3) is 0.625. The predicted octanol–water partition coefficient (Wildman–Crippen LogP) is 5.00. The van der Waals surface area contributed by atoms with Crippen molar-refractivity contribution in [2.24, 2.45) is 0 Å². The largest absolute Gasteiger partial charge is 0.0654 e. The third kappa shape index (κ3) is 2.16. The first-order valence-electron chi connectivity index (χ1n) is 6.85. The summed E-state index contributed by atoms with van der Waals surface area (Å²) in [6, 6.07) is 9.04. The van der Waals surface area contributed by atoms with Crippen molar-refractivity contribution in [3.05, 3.63) is 35.4 Å². The molecule has 1 aliphatic rings. The van der Waals surface area contributed by atoms with Crippen LogP contribution in [0.5, 0.6) is 0 Å². The molecule has 1 aliphatic carbocycles. The van der Waals surface area contributed by atoms with Crippen molar-refractivity contribution in [3.8, 4) is 0 Å². The molecule has 1 fully saturated rings. The average Bonchev–Trinajstić information content (AvgIpc) is 2.31. The van der Waals surface area contributed by atoms with Crippen LogP contribution in [0.4, 0.5) is 0 Å².